The van der Waals surface area contributed by atoms with Gasteiger partial charge >= 0.3 is 5.97 Å². The molecule has 1 amide bonds. The number of likely N-dealkylation sites (tertiary alicyclic amines) is 1. The standard InChI is InChI=1S/C26H25NO4/c1-30-23-10-8-20-9-11-24(18-22(20)17-23)31-26(29)21-13-15-27(16-14-21)25(28)12-7-19-5-3-2-4-6-19/h2-12,17-18,21H,13-16H2,1H3/b12-7+. The molecule has 3 aromatic carbocycles. The highest BCUT2D eigenvalue weighted by Gasteiger charge is 2.28. The smallest absolute Gasteiger partial charge is 0.314 e. The van der Waals surface area contributed by atoms with Crippen molar-refractivity contribution in [1.82, 2.24) is 4.90 Å². The van der Waals surface area contributed by atoms with Gasteiger partial charge in [0, 0.05) is 19.2 Å². The number of rotatable bonds is 5. The molecule has 0 N–H and O–H groups in total. The number of carbonyl (C=O) groups is 2. The Morgan fingerprint density at radius 3 is 2.29 bits per heavy atom. The van der Waals surface area contributed by atoms with Crippen molar-refractivity contribution in [2.45, 2.75) is 12.8 Å². The van der Waals surface area contributed by atoms with E-state index in [1.807, 2.05) is 66.7 Å². The minimum atomic E-state index is -0.242. The molecule has 0 radical (unpaired) electrons. The van der Waals surface area contributed by atoms with E-state index in [0.717, 1.165) is 22.1 Å². The number of hydrogen-bond acceptors (Lipinski definition) is 4. The summed E-state index contributed by atoms with van der Waals surface area (Å²) in [5, 5.41) is 2.01. The normalized spacial score (nSPS) is 14.7. The number of piperidine rings is 1. The lowest BCUT2D eigenvalue weighted by Crippen LogP contribution is -2.40. The fourth-order valence-corrected chi connectivity index (χ4v) is 3.77. The molecule has 1 aliphatic rings. The van der Waals surface area contributed by atoms with Crippen molar-refractivity contribution in [3.63, 3.8) is 0 Å². The third kappa shape index (κ3) is 5.12. The van der Waals surface area contributed by atoms with Gasteiger partial charge in [0.05, 0.1) is 13.0 Å². The zero-order valence-corrected chi connectivity index (χ0v) is 17.5. The predicted octanol–water partition coefficient (Wildman–Crippen LogP) is 4.71. The number of esters is 1. The molecule has 1 fully saturated rings. The van der Waals surface area contributed by atoms with E-state index in [9.17, 15) is 9.59 Å². The maximum atomic E-state index is 12.6. The third-order valence-electron chi connectivity index (χ3n) is 5.60. The molecule has 3 aromatic rings. The van der Waals surface area contributed by atoms with E-state index in [2.05, 4.69) is 0 Å². The molecule has 0 aromatic heterocycles. The van der Waals surface area contributed by atoms with Crippen molar-refractivity contribution < 1.29 is 19.1 Å². The first kappa shape index (κ1) is 20.7. The summed E-state index contributed by atoms with van der Waals surface area (Å²) in [7, 11) is 1.62. The molecule has 0 aliphatic carbocycles. The predicted molar refractivity (Wildman–Crippen MR) is 121 cm³/mol. The highest BCUT2D eigenvalue weighted by molar-refractivity contribution is 5.92. The van der Waals surface area contributed by atoms with Gasteiger partial charge in [0.25, 0.3) is 0 Å². The van der Waals surface area contributed by atoms with E-state index in [4.69, 9.17) is 9.47 Å². The van der Waals surface area contributed by atoms with Gasteiger partial charge in [-0.1, -0.05) is 42.5 Å². The van der Waals surface area contributed by atoms with Gasteiger partial charge in [0.1, 0.15) is 11.5 Å². The average Bonchev–Trinajstić information content (AvgIpc) is 2.82. The molecule has 158 valence electrons. The topological polar surface area (TPSA) is 55.8 Å². The summed E-state index contributed by atoms with van der Waals surface area (Å²) in [6.45, 7) is 1.10. The highest BCUT2D eigenvalue weighted by Crippen LogP contribution is 2.26. The second-order valence-electron chi connectivity index (χ2n) is 7.64. The van der Waals surface area contributed by atoms with E-state index in [1.54, 1.807) is 24.2 Å². The Morgan fingerprint density at radius 1 is 0.903 bits per heavy atom. The summed E-state index contributed by atoms with van der Waals surface area (Å²) < 4.78 is 10.9. The fraction of sp³-hybridized carbons (Fsp3) is 0.231. The Hall–Kier alpha value is -3.60. The van der Waals surface area contributed by atoms with Crippen LogP contribution < -0.4 is 9.47 Å². The van der Waals surface area contributed by atoms with Crippen LogP contribution in [0.15, 0.2) is 72.8 Å². The van der Waals surface area contributed by atoms with Gasteiger partial charge in [-0.15, -0.1) is 0 Å². The molecule has 1 saturated heterocycles. The van der Waals surface area contributed by atoms with Crippen molar-refractivity contribution in [2.75, 3.05) is 20.2 Å². The van der Waals surface area contributed by atoms with Gasteiger partial charge in [0.15, 0.2) is 0 Å². The van der Waals surface area contributed by atoms with Gasteiger partial charge in [-0.2, -0.15) is 0 Å². The lowest BCUT2D eigenvalue weighted by atomic mass is 9.97. The van der Waals surface area contributed by atoms with Crippen LogP contribution in [0.3, 0.4) is 0 Å². The molecule has 1 heterocycles. The second-order valence-corrected chi connectivity index (χ2v) is 7.64. The van der Waals surface area contributed by atoms with Gasteiger partial charge in [0.2, 0.25) is 5.91 Å². The molecule has 1 aliphatic heterocycles. The van der Waals surface area contributed by atoms with E-state index < -0.39 is 0 Å². The molecule has 0 saturated carbocycles. The van der Waals surface area contributed by atoms with Crippen molar-refractivity contribution in [1.29, 1.82) is 0 Å². The zero-order chi connectivity index (χ0) is 21.6. The van der Waals surface area contributed by atoms with Crippen LogP contribution in [0.2, 0.25) is 0 Å². The van der Waals surface area contributed by atoms with Gasteiger partial charge in [-0.05, 0) is 59.5 Å². The first-order valence-corrected chi connectivity index (χ1v) is 10.4. The molecular formula is C26H25NO4. The van der Waals surface area contributed by atoms with Crippen LogP contribution in [-0.2, 0) is 9.59 Å². The Kier molecular flexibility index (Phi) is 6.32. The van der Waals surface area contributed by atoms with Crippen LogP contribution in [0.1, 0.15) is 18.4 Å². The van der Waals surface area contributed by atoms with Crippen LogP contribution in [0.5, 0.6) is 11.5 Å². The van der Waals surface area contributed by atoms with Crippen LogP contribution in [0.4, 0.5) is 0 Å². The van der Waals surface area contributed by atoms with E-state index in [-0.39, 0.29) is 17.8 Å². The van der Waals surface area contributed by atoms with E-state index in [1.165, 1.54) is 0 Å². The Bertz CT molecular complexity index is 1100. The SMILES string of the molecule is COc1ccc2ccc(OC(=O)C3CCN(C(=O)/C=C/c4ccccc4)CC3)cc2c1. The van der Waals surface area contributed by atoms with Crippen molar-refractivity contribution in [2.24, 2.45) is 5.92 Å². The number of benzene rings is 3. The van der Waals surface area contributed by atoms with E-state index >= 15 is 0 Å². The molecule has 0 atom stereocenters. The van der Waals surface area contributed by atoms with Crippen molar-refractivity contribution in [3.05, 3.63) is 78.4 Å². The van der Waals surface area contributed by atoms with Gasteiger partial charge < -0.3 is 14.4 Å². The lowest BCUT2D eigenvalue weighted by molar-refractivity contribution is -0.142. The molecule has 4 rings (SSSR count). The maximum Gasteiger partial charge on any atom is 0.314 e. The minimum absolute atomic E-state index is 0.0286. The summed E-state index contributed by atoms with van der Waals surface area (Å²) in [6, 6.07) is 21.1. The average molecular weight is 415 g/mol. The van der Waals surface area contributed by atoms with Crippen LogP contribution in [0, 0.1) is 5.92 Å². The summed E-state index contributed by atoms with van der Waals surface area (Å²) in [5.41, 5.74) is 0.988. The molecule has 5 heteroatoms. The first-order valence-electron chi connectivity index (χ1n) is 10.4. The van der Waals surface area contributed by atoms with Crippen molar-refractivity contribution >= 4 is 28.7 Å². The lowest BCUT2D eigenvalue weighted by Gasteiger charge is -2.30. The number of hydrogen-bond donors (Lipinski definition) is 0. The fourth-order valence-electron chi connectivity index (χ4n) is 3.77. The zero-order valence-electron chi connectivity index (χ0n) is 17.5. The molecule has 0 unspecified atom stereocenters. The highest BCUT2D eigenvalue weighted by atomic mass is 16.5. The van der Waals surface area contributed by atoms with Crippen LogP contribution in [0.25, 0.3) is 16.8 Å². The summed E-state index contributed by atoms with van der Waals surface area (Å²) >= 11 is 0. The van der Waals surface area contributed by atoms with Crippen molar-refractivity contribution in [3.8, 4) is 11.5 Å². The third-order valence-corrected chi connectivity index (χ3v) is 5.60. The maximum absolute atomic E-state index is 12.6. The Labute approximate surface area is 181 Å². The summed E-state index contributed by atoms with van der Waals surface area (Å²) in [4.78, 5) is 26.9. The summed E-state index contributed by atoms with van der Waals surface area (Å²) in [6.07, 6.45) is 4.62. The summed E-state index contributed by atoms with van der Waals surface area (Å²) in [5.74, 6) is 0.806. The Morgan fingerprint density at radius 2 is 1.58 bits per heavy atom. The number of ether oxygens (including phenoxy) is 2. The molecule has 5 nitrogen and oxygen atoms in total. The Balaban J connectivity index is 1.32. The number of fused-ring (bicyclic) bond motifs is 1. The van der Waals surface area contributed by atoms with Crippen LogP contribution >= 0.6 is 0 Å². The minimum Gasteiger partial charge on any atom is -0.497 e. The van der Waals surface area contributed by atoms with Gasteiger partial charge in [-0.25, -0.2) is 0 Å². The molecule has 0 spiro atoms. The number of carbonyl (C=O) groups excluding carboxylic acids is 2. The number of amides is 1. The molecular weight excluding hydrogens is 390 g/mol. The number of methoxy groups -OCH3 is 1. The van der Waals surface area contributed by atoms with Crippen LogP contribution in [-0.4, -0.2) is 37.0 Å². The van der Waals surface area contributed by atoms with Gasteiger partial charge in [-0.3, -0.25) is 9.59 Å². The largest absolute Gasteiger partial charge is 0.497 e. The molecule has 31 heavy (non-hydrogen) atoms. The number of nitrogens with zero attached hydrogens (tertiary/aromatic N) is 1. The molecule has 0 bridgehead atoms. The first-order chi connectivity index (χ1) is 15.1. The monoisotopic (exact) mass is 415 g/mol. The van der Waals surface area contributed by atoms with E-state index in [0.29, 0.717) is 31.7 Å². The second kappa shape index (κ2) is 9.47. The quantitative estimate of drug-likeness (QED) is 0.344.